The fraction of sp³-hybridized carbons (Fsp3) is 0.263. The molecule has 1 aromatic carbocycles. The molecule has 7 nitrogen and oxygen atoms in total. The Morgan fingerprint density at radius 3 is 2.70 bits per heavy atom. The van der Waals surface area contributed by atoms with E-state index in [1.807, 2.05) is 23.0 Å². The topological polar surface area (TPSA) is 88.8 Å². The Hall–Kier alpha value is -3.00. The SMILES string of the molecule is CC(C)n1cnc2c(NCCc3ccc(O)cc3)nc(-c3cncs3)nc21. The number of aromatic hydroxyl groups is 1. The summed E-state index contributed by atoms with van der Waals surface area (Å²) in [5, 5.41) is 12.8. The summed E-state index contributed by atoms with van der Waals surface area (Å²) in [7, 11) is 0. The summed E-state index contributed by atoms with van der Waals surface area (Å²) in [6, 6.07) is 7.49. The van der Waals surface area contributed by atoms with E-state index in [9.17, 15) is 5.11 Å². The largest absolute Gasteiger partial charge is 0.508 e. The van der Waals surface area contributed by atoms with Crippen LogP contribution in [0.15, 0.2) is 42.3 Å². The van der Waals surface area contributed by atoms with E-state index in [-0.39, 0.29) is 11.8 Å². The van der Waals surface area contributed by atoms with Crippen LogP contribution in [0.5, 0.6) is 5.75 Å². The predicted octanol–water partition coefficient (Wildman–Crippen LogP) is 3.89. The van der Waals surface area contributed by atoms with Crippen molar-refractivity contribution in [2.45, 2.75) is 26.3 Å². The van der Waals surface area contributed by atoms with E-state index in [0.717, 1.165) is 33.8 Å². The van der Waals surface area contributed by atoms with Crippen LogP contribution in [0.25, 0.3) is 21.9 Å². The van der Waals surface area contributed by atoms with Gasteiger partial charge >= 0.3 is 0 Å². The van der Waals surface area contributed by atoms with Gasteiger partial charge in [-0.2, -0.15) is 0 Å². The van der Waals surface area contributed by atoms with Gasteiger partial charge in [-0.25, -0.2) is 15.0 Å². The predicted molar refractivity (Wildman–Crippen MR) is 107 cm³/mol. The number of anilines is 1. The smallest absolute Gasteiger partial charge is 0.175 e. The minimum atomic E-state index is 0.254. The van der Waals surface area contributed by atoms with Gasteiger partial charge in [0.1, 0.15) is 11.3 Å². The average molecular weight is 380 g/mol. The number of nitrogens with one attached hydrogen (secondary N) is 1. The van der Waals surface area contributed by atoms with Crippen molar-refractivity contribution in [1.82, 2.24) is 24.5 Å². The zero-order valence-electron chi connectivity index (χ0n) is 15.1. The number of aromatic nitrogens is 5. The molecule has 2 N–H and O–H groups in total. The zero-order valence-corrected chi connectivity index (χ0v) is 15.9. The maximum absolute atomic E-state index is 9.40. The van der Waals surface area contributed by atoms with E-state index in [2.05, 4.69) is 29.1 Å². The number of hydrogen-bond acceptors (Lipinski definition) is 7. The van der Waals surface area contributed by atoms with Crippen LogP contribution in [0.1, 0.15) is 25.5 Å². The molecular formula is C19H20N6OS. The molecule has 3 heterocycles. The highest BCUT2D eigenvalue weighted by Crippen LogP contribution is 2.27. The molecule has 0 spiro atoms. The third kappa shape index (κ3) is 3.61. The lowest BCUT2D eigenvalue weighted by atomic mass is 10.1. The van der Waals surface area contributed by atoms with Crippen molar-refractivity contribution in [2.24, 2.45) is 0 Å². The van der Waals surface area contributed by atoms with Gasteiger partial charge in [-0.1, -0.05) is 12.1 Å². The summed E-state index contributed by atoms with van der Waals surface area (Å²) in [6.45, 7) is 4.91. The molecule has 0 aliphatic rings. The van der Waals surface area contributed by atoms with Crippen molar-refractivity contribution in [1.29, 1.82) is 0 Å². The molecule has 0 amide bonds. The molecule has 27 heavy (non-hydrogen) atoms. The lowest BCUT2D eigenvalue weighted by Crippen LogP contribution is -2.09. The second-order valence-corrected chi connectivity index (χ2v) is 7.41. The molecule has 0 radical (unpaired) electrons. The summed E-state index contributed by atoms with van der Waals surface area (Å²) >= 11 is 1.51. The molecule has 3 aromatic heterocycles. The minimum absolute atomic E-state index is 0.254. The number of fused-ring (bicyclic) bond motifs is 1. The van der Waals surface area contributed by atoms with Crippen LogP contribution in [-0.4, -0.2) is 36.2 Å². The van der Waals surface area contributed by atoms with E-state index >= 15 is 0 Å². The number of nitrogens with zero attached hydrogens (tertiary/aromatic N) is 5. The van der Waals surface area contributed by atoms with Crippen molar-refractivity contribution < 1.29 is 5.11 Å². The van der Waals surface area contributed by atoms with Gasteiger partial charge in [0.15, 0.2) is 17.3 Å². The fourth-order valence-corrected chi connectivity index (χ4v) is 3.40. The van der Waals surface area contributed by atoms with Crippen molar-refractivity contribution in [3.05, 3.63) is 47.9 Å². The van der Waals surface area contributed by atoms with Crippen molar-refractivity contribution >= 4 is 28.3 Å². The highest BCUT2D eigenvalue weighted by Gasteiger charge is 2.16. The lowest BCUT2D eigenvalue weighted by Gasteiger charge is -2.10. The van der Waals surface area contributed by atoms with Crippen molar-refractivity contribution in [2.75, 3.05) is 11.9 Å². The summed E-state index contributed by atoms with van der Waals surface area (Å²) < 4.78 is 2.05. The van der Waals surface area contributed by atoms with Gasteiger partial charge in [0.05, 0.1) is 16.7 Å². The second-order valence-electron chi connectivity index (χ2n) is 6.52. The van der Waals surface area contributed by atoms with Gasteiger partial charge in [-0.05, 0) is 38.0 Å². The first-order valence-corrected chi connectivity index (χ1v) is 9.65. The molecule has 0 aliphatic carbocycles. The Balaban J connectivity index is 1.65. The normalized spacial score (nSPS) is 11.4. The van der Waals surface area contributed by atoms with E-state index in [1.165, 1.54) is 11.3 Å². The van der Waals surface area contributed by atoms with Crippen LogP contribution < -0.4 is 5.32 Å². The van der Waals surface area contributed by atoms with E-state index < -0.39 is 0 Å². The molecule has 0 unspecified atom stereocenters. The number of thiazole rings is 1. The lowest BCUT2D eigenvalue weighted by molar-refractivity contribution is 0.475. The maximum Gasteiger partial charge on any atom is 0.175 e. The van der Waals surface area contributed by atoms with Crippen LogP contribution in [0, 0.1) is 0 Å². The summed E-state index contributed by atoms with van der Waals surface area (Å²) in [4.78, 5) is 19.0. The molecule has 4 aromatic rings. The first-order valence-electron chi connectivity index (χ1n) is 8.77. The van der Waals surface area contributed by atoms with Gasteiger partial charge in [0.2, 0.25) is 0 Å². The number of benzene rings is 1. The summed E-state index contributed by atoms with van der Waals surface area (Å²) in [5.74, 6) is 1.65. The van der Waals surface area contributed by atoms with Crippen LogP contribution in [0.4, 0.5) is 5.82 Å². The third-order valence-electron chi connectivity index (χ3n) is 4.27. The average Bonchev–Trinajstić information content (AvgIpc) is 3.33. The van der Waals surface area contributed by atoms with Gasteiger partial charge < -0.3 is 15.0 Å². The molecule has 0 aliphatic heterocycles. The van der Waals surface area contributed by atoms with E-state index in [0.29, 0.717) is 12.4 Å². The Morgan fingerprint density at radius 1 is 1.19 bits per heavy atom. The van der Waals surface area contributed by atoms with Gasteiger partial charge in [0, 0.05) is 18.8 Å². The third-order valence-corrected chi connectivity index (χ3v) is 5.04. The molecule has 138 valence electrons. The van der Waals surface area contributed by atoms with Crippen LogP contribution in [0.3, 0.4) is 0 Å². The van der Waals surface area contributed by atoms with Crippen LogP contribution in [-0.2, 0) is 6.42 Å². The Bertz CT molecular complexity index is 1040. The van der Waals surface area contributed by atoms with Crippen LogP contribution >= 0.6 is 11.3 Å². The number of imidazole rings is 1. The Morgan fingerprint density at radius 2 is 2.00 bits per heavy atom. The highest BCUT2D eigenvalue weighted by atomic mass is 32.1. The standard InChI is InChI=1S/C19H20N6OS/c1-12(2)25-10-22-16-18(21-8-7-13-3-5-14(26)6-4-13)23-17(24-19(16)25)15-9-20-11-27-15/h3-6,9-12,26H,7-8H2,1-2H3,(H,21,23,24). The molecular weight excluding hydrogens is 360 g/mol. The van der Waals surface area contributed by atoms with Crippen molar-refractivity contribution in [3.63, 3.8) is 0 Å². The van der Waals surface area contributed by atoms with E-state index in [1.54, 1.807) is 23.8 Å². The zero-order chi connectivity index (χ0) is 18.8. The Kier molecular flexibility index (Phi) is 4.72. The first kappa shape index (κ1) is 17.4. The van der Waals surface area contributed by atoms with Gasteiger partial charge in [-0.15, -0.1) is 11.3 Å². The second kappa shape index (κ2) is 7.32. The van der Waals surface area contributed by atoms with Gasteiger partial charge in [0.25, 0.3) is 0 Å². The fourth-order valence-electron chi connectivity index (χ4n) is 2.84. The maximum atomic E-state index is 9.40. The van der Waals surface area contributed by atoms with Crippen molar-refractivity contribution in [3.8, 4) is 16.5 Å². The van der Waals surface area contributed by atoms with E-state index in [4.69, 9.17) is 9.97 Å². The molecule has 8 heteroatoms. The molecule has 0 fully saturated rings. The highest BCUT2D eigenvalue weighted by molar-refractivity contribution is 7.13. The summed E-state index contributed by atoms with van der Waals surface area (Å²) in [5.41, 5.74) is 4.50. The molecule has 0 bridgehead atoms. The molecule has 0 atom stereocenters. The number of phenols is 1. The van der Waals surface area contributed by atoms with Crippen LogP contribution in [0.2, 0.25) is 0 Å². The Labute approximate surface area is 160 Å². The molecule has 0 saturated carbocycles. The molecule has 4 rings (SSSR count). The molecule has 0 saturated heterocycles. The monoisotopic (exact) mass is 380 g/mol. The number of phenolic OH excluding ortho intramolecular Hbond substituents is 1. The minimum Gasteiger partial charge on any atom is -0.508 e. The number of rotatable bonds is 6. The van der Waals surface area contributed by atoms with Gasteiger partial charge in [-0.3, -0.25) is 4.98 Å². The first-order chi connectivity index (χ1) is 13.1. The number of hydrogen-bond donors (Lipinski definition) is 2. The quantitative estimate of drug-likeness (QED) is 0.527. The summed E-state index contributed by atoms with van der Waals surface area (Å²) in [6.07, 6.45) is 4.40.